The Morgan fingerprint density at radius 1 is 1.10 bits per heavy atom. The Bertz CT molecular complexity index is 1780. The zero-order valence-electron chi connectivity index (χ0n) is 29.0. The third kappa shape index (κ3) is 6.71. The molecule has 0 unspecified atom stereocenters. The molecular weight excluding hydrogens is 680 g/mol. The Labute approximate surface area is 299 Å². The average Bonchev–Trinajstić information content (AvgIpc) is 3.23. The lowest BCUT2D eigenvalue weighted by Crippen LogP contribution is -2.54. The fraction of sp³-hybridized carbons (Fsp3) is 0.568. The highest BCUT2D eigenvalue weighted by molar-refractivity contribution is 7.90. The minimum Gasteiger partial charge on any atom is -0.490 e. The van der Waals surface area contributed by atoms with Gasteiger partial charge < -0.3 is 24.0 Å². The molecule has 3 aliphatic heterocycles. The maximum atomic E-state index is 13.8. The Morgan fingerprint density at radius 2 is 1.90 bits per heavy atom. The zero-order valence-corrected chi connectivity index (χ0v) is 30.6. The normalized spacial score (nSPS) is 30.1. The van der Waals surface area contributed by atoms with Crippen molar-refractivity contribution in [3.8, 4) is 5.75 Å². The van der Waals surface area contributed by atoms with Gasteiger partial charge in [-0.1, -0.05) is 23.7 Å². The number of aryl methyl sites for hydroxylation is 1. The van der Waals surface area contributed by atoms with Gasteiger partial charge in [-0.05, 0) is 106 Å². The van der Waals surface area contributed by atoms with Gasteiger partial charge in [-0.15, -0.1) is 0 Å². The first-order chi connectivity index (χ1) is 23.9. The molecule has 1 saturated carbocycles. The molecular formula is C37H47ClN4O7S. The van der Waals surface area contributed by atoms with Crippen LogP contribution in [0.3, 0.4) is 0 Å². The predicted octanol–water partition coefficient (Wildman–Crippen LogP) is 4.76. The minimum absolute atomic E-state index is 0.00195. The van der Waals surface area contributed by atoms with E-state index in [2.05, 4.69) is 21.8 Å². The molecule has 0 aromatic heterocycles. The highest BCUT2D eigenvalue weighted by Gasteiger charge is 2.45. The molecule has 2 aromatic rings. The molecule has 1 spiro atoms. The van der Waals surface area contributed by atoms with Gasteiger partial charge in [0.05, 0.1) is 35.9 Å². The Kier molecular flexibility index (Phi) is 9.59. The Morgan fingerprint density at radius 3 is 2.66 bits per heavy atom. The number of hydrogen-bond acceptors (Lipinski definition) is 9. The van der Waals surface area contributed by atoms with E-state index in [9.17, 15) is 18.0 Å². The number of ether oxygens (including phenoxy) is 3. The summed E-state index contributed by atoms with van der Waals surface area (Å²) < 4.78 is 48.2. The number of nitrogens with zero attached hydrogens (tertiary/aromatic N) is 3. The lowest BCUT2D eigenvalue weighted by molar-refractivity contribution is -0.128. The summed E-state index contributed by atoms with van der Waals surface area (Å²) in [5.41, 5.74) is 1.59. The van der Waals surface area contributed by atoms with Gasteiger partial charge in [-0.25, -0.2) is 17.9 Å². The summed E-state index contributed by atoms with van der Waals surface area (Å²) in [7, 11) is -2.44. The van der Waals surface area contributed by atoms with Crippen LogP contribution >= 0.6 is 11.6 Å². The van der Waals surface area contributed by atoms with Gasteiger partial charge in [0, 0.05) is 49.1 Å². The molecule has 7 rings (SSSR count). The summed E-state index contributed by atoms with van der Waals surface area (Å²) in [5, 5.41) is 0.706. The third-order valence-corrected chi connectivity index (χ3v) is 13.2. The van der Waals surface area contributed by atoms with Gasteiger partial charge in [-0.3, -0.25) is 9.69 Å². The van der Waals surface area contributed by atoms with Crippen molar-refractivity contribution in [1.29, 1.82) is 0 Å². The van der Waals surface area contributed by atoms with Crippen LogP contribution in [0.25, 0.3) is 0 Å². The first-order valence-electron chi connectivity index (χ1n) is 17.7. The van der Waals surface area contributed by atoms with Crippen LogP contribution in [0.4, 0.5) is 10.5 Å². The van der Waals surface area contributed by atoms with Crippen molar-refractivity contribution in [3.63, 3.8) is 0 Å². The van der Waals surface area contributed by atoms with E-state index < -0.39 is 27.6 Å². The van der Waals surface area contributed by atoms with Crippen LogP contribution in [0.2, 0.25) is 5.02 Å². The summed E-state index contributed by atoms with van der Waals surface area (Å²) in [5.74, 6) is 0.175. The first kappa shape index (κ1) is 35.1. The number of anilines is 1. The quantitative estimate of drug-likeness (QED) is 0.415. The van der Waals surface area contributed by atoms with Gasteiger partial charge in [0.25, 0.3) is 15.9 Å². The minimum atomic E-state index is -4.21. The summed E-state index contributed by atoms with van der Waals surface area (Å²) in [6, 6.07) is 11.0. The molecule has 0 radical (unpaired) electrons. The number of halogens is 1. The number of benzene rings is 2. The number of fused-ring (bicyclic) bond motifs is 4. The van der Waals surface area contributed by atoms with Crippen molar-refractivity contribution in [3.05, 3.63) is 64.7 Å². The van der Waals surface area contributed by atoms with E-state index >= 15 is 0 Å². The molecule has 13 heteroatoms. The Balaban J connectivity index is 1.29. The van der Waals surface area contributed by atoms with E-state index in [0.717, 1.165) is 32.1 Å². The Hall–Kier alpha value is -3.32. The van der Waals surface area contributed by atoms with E-state index in [-0.39, 0.29) is 28.2 Å². The summed E-state index contributed by atoms with van der Waals surface area (Å²) in [4.78, 5) is 32.7. The van der Waals surface area contributed by atoms with Crippen LogP contribution in [-0.2, 0) is 36.1 Å². The van der Waals surface area contributed by atoms with Crippen molar-refractivity contribution in [2.75, 3.05) is 64.5 Å². The highest BCUT2D eigenvalue weighted by Crippen LogP contribution is 2.47. The molecule has 2 fully saturated rings. The number of carbonyl (C=O) groups is 2. The molecule has 1 saturated heterocycles. The van der Waals surface area contributed by atoms with Gasteiger partial charge in [0.2, 0.25) is 0 Å². The molecule has 2 aliphatic carbocycles. The van der Waals surface area contributed by atoms with Crippen LogP contribution in [-0.4, -0.2) is 101 Å². The lowest BCUT2D eigenvalue weighted by Gasteiger charge is -2.46. The van der Waals surface area contributed by atoms with Crippen molar-refractivity contribution in [2.24, 2.45) is 11.8 Å². The number of sulfonamides is 1. The zero-order chi connectivity index (χ0) is 35.3. The number of nitrogens with one attached hydrogen (secondary N) is 1. The first-order valence-corrected chi connectivity index (χ1v) is 19.5. The third-order valence-electron chi connectivity index (χ3n) is 11.6. The largest absolute Gasteiger partial charge is 0.490 e. The summed E-state index contributed by atoms with van der Waals surface area (Å²) in [6.45, 7) is 7.32. The van der Waals surface area contributed by atoms with Crippen LogP contribution in [0.15, 0.2) is 53.4 Å². The number of hydrogen-bond donors (Lipinski definition) is 1. The number of carbonyl (C=O) groups excluding carboxylic acids is 2. The second-order valence-electron chi connectivity index (χ2n) is 15.0. The number of likely N-dealkylation sites (N-methyl/N-ethyl adjacent to an activating group) is 1. The highest BCUT2D eigenvalue weighted by atomic mass is 35.5. The lowest BCUT2D eigenvalue weighted by atomic mass is 9.68. The molecule has 3 heterocycles. The van der Waals surface area contributed by atoms with E-state index in [4.69, 9.17) is 25.8 Å². The van der Waals surface area contributed by atoms with Crippen molar-refractivity contribution >= 4 is 39.3 Å². The number of morpholine rings is 1. The second kappa shape index (κ2) is 13.7. The molecule has 2 aromatic carbocycles. The predicted molar refractivity (Wildman–Crippen MR) is 190 cm³/mol. The van der Waals surface area contributed by atoms with Crippen LogP contribution < -0.4 is 14.4 Å². The van der Waals surface area contributed by atoms with E-state index in [1.165, 1.54) is 17.2 Å². The number of rotatable bonds is 1. The SMILES string of the molecule is CN1C/C=C/[C@H](OC(=O)N2CCOCC2)[C@@H]2CC[C@H]2CN2C[C@@]3(CCCc4cc(Cl)ccc43)COc3ccc(cc32)S(=O)(=O)NC(=O)C1(C)C. The maximum absolute atomic E-state index is 13.8. The summed E-state index contributed by atoms with van der Waals surface area (Å²) >= 11 is 6.44. The molecule has 1 N–H and O–H groups in total. The van der Waals surface area contributed by atoms with Crippen molar-refractivity contribution in [2.45, 2.75) is 67.9 Å². The van der Waals surface area contributed by atoms with Crippen LogP contribution in [0.5, 0.6) is 5.75 Å². The van der Waals surface area contributed by atoms with Crippen molar-refractivity contribution in [1.82, 2.24) is 14.5 Å². The van der Waals surface area contributed by atoms with Gasteiger partial charge in [0.1, 0.15) is 11.9 Å². The van der Waals surface area contributed by atoms with Crippen molar-refractivity contribution < 1.29 is 32.2 Å². The van der Waals surface area contributed by atoms with Gasteiger partial charge >= 0.3 is 6.09 Å². The van der Waals surface area contributed by atoms with E-state index in [1.54, 1.807) is 42.8 Å². The van der Waals surface area contributed by atoms with Gasteiger partial charge in [-0.2, -0.15) is 0 Å². The number of amides is 2. The maximum Gasteiger partial charge on any atom is 0.410 e. The van der Waals surface area contributed by atoms with Crippen LogP contribution in [0.1, 0.15) is 50.7 Å². The second-order valence-corrected chi connectivity index (χ2v) is 17.1. The molecule has 2 amide bonds. The molecule has 4 atom stereocenters. The molecule has 2 bridgehead atoms. The molecule has 11 nitrogen and oxygen atoms in total. The smallest absolute Gasteiger partial charge is 0.410 e. The standard InChI is InChI=1S/C37H47ClN4O7S/c1-36(2)34(43)39-50(45,46)28-10-13-33-31(21-28)42(23-37(24-48-33)14-4-6-25-20-27(38)9-12-30(25)37)22-26-8-11-29(26)32(7-5-15-40(36)3)49-35(44)41-16-18-47-19-17-41/h5,7,9-10,12-13,20-21,26,29,32H,4,6,8,11,14-19,22-24H2,1-3H3,(H,39,43)/b7-5+/t26-,29+,32-,37-/m0/s1. The topological polar surface area (TPSA) is 118 Å². The van der Waals surface area contributed by atoms with E-state index in [1.807, 2.05) is 18.2 Å². The molecule has 50 heavy (non-hydrogen) atoms. The molecule has 5 aliphatic rings. The fourth-order valence-corrected chi connectivity index (χ4v) is 9.39. The molecule has 270 valence electrons. The summed E-state index contributed by atoms with van der Waals surface area (Å²) in [6.07, 6.45) is 7.70. The monoisotopic (exact) mass is 726 g/mol. The van der Waals surface area contributed by atoms with Gasteiger partial charge in [0.15, 0.2) is 0 Å². The fourth-order valence-electron chi connectivity index (χ4n) is 8.06. The van der Waals surface area contributed by atoms with Crippen LogP contribution in [0, 0.1) is 11.8 Å². The average molecular weight is 727 g/mol. The van der Waals surface area contributed by atoms with E-state index in [0.29, 0.717) is 69.0 Å².